The van der Waals surface area contributed by atoms with Crippen LogP contribution in [0.2, 0.25) is 0 Å². The molecule has 0 amide bonds. The Hall–Kier alpha value is 1.86. The molecule has 0 aliphatic rings. The van der Waals surface area contributed by atoms with Gasteiger partial charge >= 0.3 is 51.4 Å². The summed E-state index contributed by atoms with van der Waals surface area (Å²) >= 11 is 0. The van der Waals surface area contributed by atoms with Crippen LogP contribution < -0.4 is 74.9 Å². The minimum absolute atomic E-state index is 0. The standard InChI is InChI=1S/C2H4O2.3ClH.K.3H3N/c1-2(3)4;;;;;;;/h1H3,(H,3,4);3*1H;;3*1H3/q;;;;+1;;;/p-1. The van der Waals surface area contributed by atoms with Crippen LogP contribution >= 0.6 is 37.2 Å². The van der Waals surface area contributed by atoms with E-state index in [1.165, 1.54) is 0 Å². The third-order valence-electron chi connectivity index (χ3n) is 0. The number of hydrogen-bond donors (Lipinski definition) is 3. The van der Waals surface area contributed by atoms with Crippen molar-refractivity contribution in [3.05, 3.63) is 0 Å². The van der Waals surface area contributed by atoms with Crippen molar-refractivity contribution in [1.82, 2.24) is 18.5 Å². The number of carbonyl (C=O) groups is 1. The first-order valence-corrected chi connectivity index (χ1v) is 0.908. The molecule has 0 aromatic heterocycles. The van der Waals surface area contributed by atoms with Crippen molar-refractivity contribution in [2.24, 2.45) is 0 Å². The van der Waals surface area contributed by atoms with E-state index in [4.69, 9.17) is 9.90 Å². The molecule has 72 valence electrons. The van der Waals surface area contributed by atoms with E-state index in [0.29, 0.717) is 0 Å². The molecule has 5 nitrogen and oxygen atoms in total. The molecule has 0 aliphatic heterocycles. The topological polar surface area (TPSA) is 145 Å². The van der Waals surface area contributed by atoms with Crippen molar-refractivity contribution in [2.75, 3.05) is 0 Å². The Balaban J connectivity index is -0.00000000214. The van der Waals surface area contributed by atoms with Crippen LogP contribution in [-0.2, 0) is 4.79 Å². The SMILES string of the molecule is CC(=O)[O-].Cl.Cl.Cl.N.N.N.[K+]. The van der Waals surface area contributed by atoms with E-state index >= 15 is 0 Å². The van der Waals surface area contributed by atoms with Crippen LogP contribution in [0.4, 0.5) is 0 Å². The summed E-state index contributed by atoms with van der Waals surface area (Å²) in [6, 6.07) is 0. The minimum atomic E-state index is -1.08. The van der Waals surface area contributed by atoms with Crippen molar-refractivity contribution in [3.63, 3.8) is 0 Å². The van der Waals surface area contributed by atoms with Gasteiger partial charge in [-0.15, -0.1) is 37.2 Å². The molecule has 0 unspecified atom stereocenters. The molecule has 0 atom stereocenters. The van der Waals surface area contributed by atoms with Crippen molar-refractivity contribution in [1.29, 1.82) is 0 Å². The van der Waals surface area contributed by atoms with Gasteiger partial charge in [-0.1, -0.05) is 0 Å². The van der Waals surface area contributed by atoms with Crippen LogP contribution in [0.25, 0.3) is 0 Å². The van der Waals surface area contributed by atoms with Crippen LogP contribution in [0.1, 0.15) is 6.92 Å². The van der Waals surface area contributed by atoms with Gasteiger partial charge in [-0.2, -0.15) is 0 Å². The summed E-state index contributed by atoms with van der Waals surface area (Å²) in [4.78, 5) is 8.89. The van der Waals surface area contributed by atoms with Crippen molar-refractivity contribution in [3.8, 4) is 0 Å². The Morgan fingerprint density at radius 3 is 1.00 bits per heavy atom. The average molecular weight is 259 g/mol. The number of hydrogen-bond acceptors (Lipinski definition) is 5. The van der Waals surface area contributed by atoms with Gasteiger partial charge in [0.15, 0.2) is 0 Å². The first-order chi connectivity index (χ1) is 1.73. The number of carbonyl (C=O) groups excluding carboxylic acids is 1. The van der Waals surface area contributed by atoms with Crippen molar-refractivity contribution >= 4 is 43.2 Å². The molecule has 0 fully saturated rings. The Bertz CT molecular complexity index is 47.6. The predicted molar refractivity (Wildman–Crippen MR) is 47.5 cm³/mol. The molecule has 0 heterocycles. The number of carboxylic acid groups (broad SMARTS) is 1. The molecule has 9 N–H and O–H groups in total. The van der Waals surface area contributed by atoms with Gasteiger partial charge in [0.25, 0.3) is 0 Å². The molecule has 0 spiro atoms. The molecule has 0 saturated heterocycles. The normalized spacial score (nSPS) is 2.27. The average Bonchev–Trinajstić information content (AvgIpc) is 0.811. The summed E-state index contributed by atoms with van der Waals surface area (Å²) in [6.45, 7) is 0.972. The Morgan fingerprint density at radius 2 is 1.00 bits per heavy atom. The van der Waals surface area contributed by atoms with E-state index in [1.54, 1.807) is 0 Å². The van der Waals surface area contributed by atoms with Crippen LogP contribution in [-0.4, -0.2) is 5.97 Å². The Labute approximate surface area is 128 Å². The largest absolute Gasteiger partial charge is 1.00 e. The summed E-state index contributed by atoms with van der Waals surface area (Å²) in [7, 11) is 0. The van der Waals surface area contributed by atoms with E-state index in [2.05, 4.69) is 0 Å². The zero-order valence-electron chi connectivity index (χ0n) is 6.66. The maximum Gasteiger partial charge on any atom is 1.00 e. The van der Waals surface area contributed by atoms with Gasteiger partial charge in [0.1, 0.15) is 0 Å². The zero-order chi connectivity index (χ0) is 3.58. The fraction of sp³-hybridized carbons (Fsp3) is 0.500. The molecule has 9 heteroatoms. The van der Waals surface area contributed by atoms with Crippen molar-refractivity contribution < 1.29 is 61.3 Å². The summed E-state index contributed by atoms with van der Waals surface area (Å²) in [6.07, 6.45) is 0. The van der Waals surface area contributed by atoms with E-state index in [-0.39, 0.29) is 107 Å². The molecule has 0 radical (unpaired) electrons. The molecule has 0 aliphatic carbocycles. The summed E-state index contributed by atoms with van der Waals surface area (Å²) in [5.41, 5.74) is 0. The monoisotopic (exact) mass is 257 g/mol. The fourth-order valence-corrected chi connectivity index (χ4v) is 0. The van der Waals surface area contributed by atoms with Gasteiger partial charge < -0.3 is 28.4 Å². The first kappa shape index (κ1) is 76.6. The fourth-order valence-electron chi connectivity index (χ4n) is 0. The van der Waals surface area contributed by atoms with Gasteiger partial charge in [0.05, 0.1) is 0 Å². The van der Waals surface area contributed by atoms with Gasteiger partial charge in [0.2, 0.25) is 0 Å². The van der Waals surface area contributed by atoms with E-state index < -0.39 is 5.97 Å². The van der Waals surface area contributed by atoms with Crippen LogP contribution in [0.15, 0.2) is 0 Å². The molecule has 0 bridgehead atoms. The number of aliphatic carboxylic acids is 1. The van der Waals surface area contributed by atoms with Crippen molar-refractivity contribution in [2.45, 2.75) is 6.92 Å². The quantitative estimate of drug-likeness (QED) is 0.412. The third kappa shape index (κ3) is 334. The summed E-state index contributed by atoms with van der Waals surface area (Å²) in [5, 5.41) is 8.89. The van der Waals surface area contributed by atoms with Gasteiger partial charge in [-0.25, -0.2) is 0 Å². The summed E-state index contributed by atoms with van der Waals surface area (Å²) < 4.78 is 0. The van der Waals surface area contributed by atoms with Gasteiger partial charge in [0, 0.05) is 5.97 Å². The number of rotatable bonds is 0. The number of carboxylic acids is 1. The molecule has 0 aromatic rings. The second-order valence-electron chi connectivity index (χ2n) is 0.492. The van der Waals surface area contributed by atoms with Gasteiger partial charge in [-0.05, 0) is 6.92 Å². The first-order valence-electron chi connectivity index (χ1n) is 0.908. The molecule has 0 saturated carbocycles. The molecular formula is C2H15Cl3KN3O2. The minimum Gasteiger partial charge on any atom is -0.550 e. The van der Waals surface area contributed by atoms with E-state index in [9.17, 15) is 0 Å². The zero-order valence-corrected chi connectivity index (χ0v) is 12.2. The van der Waals surface area contributed by atoms with Gasteiger partial charge in [-0.3, -0.25) is 0 Å². The molecule has 0 aromatic carbocycles. The summed E-state index contributed by atoms with van der Waals surface area (Å²) in [5.74, 6) is -1.08. The smallest absolute Gasteiger partial charge is 0.550 e. The molecule has 0 rings (SSSR count). The predicted octanol–water partition coefficient (Wildman–Crippen LogP) is -2.49. The maximum absolute atomic E-state index is 8.89. The van der Waals surface area contributed by atoms with E-state index in [1.807, 2.05) is 0 Å². The van der Waals surface area contributed by atoms with Crippen LogP contribution in [0.3, 0.4) is 0 Å². The Morgan fingerprint density at radius 1 is 1.00 bits per heavy atom. The van der Waals surface area contributed by atoms with Crippen LogP contribution in [0.5, 0.6) is 0 Å². The third-order valence-corrected chi connectivity index (χ3v) is 0. The second kappa shape index (κ2) is 59.3. The molecule has 11 heavy (non-hydrogen) atoms. The second-order valence-corrected chi connectivity index (χ2v) is 0.492. The molecular weight excluding hydrogens is 243 g/mol. The number of halogens is 3. The van der Waals surface area contributed by atoms with E-state index in [0.717, 1.165) is 6.92 Å². The maximum atomic E-state index is 8.89. The Kier molecular flexibility index (Phi) is 413. The van der Waals surface area contributed by atoms with Crippen LogP contribution in [0, 0.1) is 0 Å².